The summed E-state index contributed by atoms with van der Waals surface area (Å²) in [7, 11) is 1.08. The topological polar surface area (TPSA) is 73.1 Å². The summed E-state index contributed by atoms with van der Waals surface area (Å²) in [6.45, 7) is 1.92. The van der Waals surface area contributed by atoms with Gasteiger partial charge in [-0.2, -0.15) is 0 Å². The zero-order valence-corrected chi connectivity index (χ0v) is 7.89. The Morgan fingerprint density at radius 2 is 2.17 bits per heavy atom. The lowest BCUT2D eigenvalue weighted by atomic mass is 10.3. The van der Waals surface area contributed by atoms with E-state index in [0.29, 0.717) is 6.42 Å². The molecule has 0 saturated carbocycles. The fraction of sp³-hybridized carbons (Fsp3) is 0.600. The Hall–Kier alpha value is -0.620. The summed E-state index contributed by atoms with van der Waals surface area (Å²) in [4.78, 5) is 0. The molecule has 12 heavy (non-hydrogen) atoms. The second-order valence-corrected chi connectivity index (χ2v) is 4.59. The van der Waals surface area contributed by atoms with Crippen molar-refractivity contribution in [3.05, 3.63) is 5.89 Å². The summed E-state index contributed by atoms with van der Waals surface area (Å²) in [5.41, 5.74) is 0. The Bertz CT molecular complexity index is 359. The molecular weight excluding hydrogens is 204 g/mol. The summed E-state index contributed by atoms with van der Waals surface area (Å²) >= 11 is 0. The summed E-state index contributed by atoms with van der Waals surface area (Å²) in [6, 6.07) is 0. The van der Waals surface area contributed by atoms with Gasteiger partial charge in [-0.15, -0.1) is 5.10 Å². The van der Waals surface area contributed by atoms with E-state index in [2.05, 4.69) is 10.2 Å². The van der Waals surface area contributed by atoms with Crippen LogP contribution in [0.3, 0.4) is 0 Å². The SMILES string of the molecule is CCCc1nnc(S(=O)(=O)Cl)o1. The molecule has 0 bridgehead atoms. The molecule has 1 aromatic heterocycles. The average molecular weight is 211 g/mol. The quantitative estimate of drug-likeness (QED) is 0.695. The smallest absolute Gasteiger partial charge is 0.351 e. The van der Waals surface area contributed by atoms with Crippen molar-refractivity contribution >= 4 is 19.7 Å². The molecule has 0 N–H and O–H groups in total. The van der Waals surface area contributed by atoms with Crippen LogP contribution in [0.5, 0.6) is 0 Å². The van der Waals surface area contributed by atoms with Gasteiger partial charge < -0.3 is 4.42 Å². The monoisotopic (exact) mass is 210 g/mol. The number of aryl methyl sites for hydroxylation is 1. The fourth-order valence-electron chi connectivity index (χ4n) is 0.652. The minimum absolute atomic E-state index is 0.289. The zero-order valence-electron chi connectivity index (χ0n) is 6.32. The van der Waals surface area contributed by atoms with Gasteiger partial charge in [-0.25, -0.2) is 8.42 Å². The van der Waals surface area contributed by atoms with Crippen molar-refractivity contribution in [3.63, 3.8) is 0 Å². The van der Waals surface area contributed by atoms with Crippen molar-refractivity contribution in [2.24, 2.45) is 0 Å². The van der Waals surface area contributed by atoms with Crippen LogP contribution in [0.1, 0.15) is 19.2 Å². The van der Waals surface area contributed by atoms with Gasteiger partial charge in [0.05, 0.1) is 0 Å². The highest BCUT2D eigenvalue weighted by molar-refractivity contribution is 8.13. The van der Waals surface area contributed by atoms with Crippen molar-refractivity contribution in [1.29, 1.82) is 0 Å². The molecule has 1 heterocycles. The molecule has 0 radical (unpaired) electrons. The number of hydrogen-bond donors (Lipinski definition) is 0. The summed E-state index contributed by atoms with van der Waals surface area (Å²) < 4.78 is 26.0. The van der Waals surface area contributed by atoms with E-state index in [9.17, 15) is 8.42 Å². The van der Waals surface area contributed by atoms with E-state index in [1.165, 1.54) is 0 Å². The van der Waals surface area contributed by atoms with Crippen LogP contribution in [0.4, 0.5) is 0 Å². The predicted molar refractivity (Wildman–Crippen MR) is 41.3 cm³/mol. The maximum Gasteiger partial charge on any atom is 0.351 e. The van der Waals surface area contributed by atoms with Gasteiger partial charge in [0.15, 0.2) is 0 Å². The normalized spacial score (nSPS) is 11.8. The minimum Gasteiger partial charge on any atom is -0.412 e. The number of hydrogen-bond acceptors (Lipinski definition) is 5. The maximum atomic E-state index is 10.6. The van der Waals surface area contributed by atoms with Crippen LogP contribution in [-0.4, -0.2) is 18.6 Å². The van der Waals surface area contributed by atoms with E-state index in [4.69, 9.17) is 15.1 Å². The summed E-state index contributed by atoms with van der Waals surface area (Å²) in [5, 5.41) is 6.23. The van der Waals surface area contributed by atoms with Gasteiger partial charge in [-0.1, -0.05) is 12.0 Å². The largest absolute Gasteiger partial charge is 0.412 e. The highest BCUT2D eigenvalue weighted by Crippen LogP contribution is 2.12. The van der Waals surface area contributed by atoms with Gasteiger partial charge in [0, 0.05) is 17.1 Å². The molecule has 0 saturated heterocycles. The second-order valence-electron chi connectivity index (χ2n) is 2.15. The Balaban J connectivity index is 2.92. The molecule has 5 nitrogen and oxygen atoms in total. The second kappa shape index (κ2) is 3.40. The molecule has 7 heteroatoms. The molecule has 0 atom stereocenters. The molecule has 0 amide bonds. The van der Waals surface area contributed by atoms with Gasteiger partial charge in [0.1, 0.15) is 0 Å². The third-order valence-electron chi connectivity index (χ3n) is 1.12. The predicted octanol–water partition coefficient (Wildman–Crippen LogP) is 0.950. The molecule has 0 fully saturated rings. The van der Waals surface area contributed by atoms with Crippen molar-refractivity contribution in [2.75, 3.05) is 0 Å². The number of halogens is 1. The maximum absolute atomic E-state index is 10.6. The Morgan fingerprint density at radius 3 is 2.58 bits per heavy atom. The number of rotatable bonds is 3. The standard InChI is InChI=1S/C5H7ClN2O3S/c1-2-3-4-7-8-5(11-4)12(6,9)10/h2-3H2,1H3. The average Bonchev–Trinajstić information content (AvgIpc) is 2.35. The molecule has 1 aromatic rings. The van der Waals surface area contributed by atoms with Crippen LogP contribution in [0.15, 0.2) is 9.64 Å². The first kappa shape index (κ1) is 9.47. The highest BCUT2D eigenvalue weighted by Gasteiger charge is 2.18. The van der Waals surface area contributed by atoms with Gasteiger partial charge in [-0.3, -0.25) is 0 Å². The molecule has 0 aliphatic rings. The third-order valence-corrected chi connectivity index (χ3v) is 2.10. The first-order valence-electron chi connectivity index (χ1n) is 3.31. The molecule has 0 aliphatic heterocycles. The molecule has 0 unspecified atom stereocenters. The fourth-order valence-corrected chi connectivity index (χ4v) is 1.17. The van der Waals surface area contributed by atoms with Crippen LogP contribution in [0.2, 0.25) is 0 Å². The molecule has 0 aromatic carbocycles. The van der Waals surface area contributed by atoms with Gasteiger partial charge in [0.2, 0.25) is 5.89 Å². The Labute approximate surface area is 74.2 Å². The lowest BCUT2D eigenvalue weighted by Gasteiger charge is -1.85. The van der Waals surface area contributed by atoms with Crippen LogP contribution >= 0.6 is 10.7 Å². The highest BCUT2D eigenvalue weighted by atomic mass is 35.7. The number of nitrogens with zero attached hydrogens (tertiary/aromatic N) is 2. The van der Waals surface area contributed by atoms with Gasteiger partial charge >= 0.3 is 14.3 Å². The van der Waals surface area contributed by atoms with E-state index in [-0.39, 0.29) is 5.89 Å². The molecule has 0 spiro atoms. The van der Waals surface area contributed by atoms with E-state index < -0.39 is 14.3 Å². The Morgan fingerprint density at radius 1 is 1.50 bits per heavy atom. The van der Waals surface area contributed by atoms with Crippen LogP contribution in [-0.2, 0) is 15.5 Å². The molecule has 1 rings (SSSR count). The zero-order chi connectivity index (χ0) is 9.19. The van der Waals surface area contributed by atoms with E-state index in [0.717, 1.165) is 6.42 Å². The first-order valence-corrected chi connectivity index (χ1v) is 5.62. The molecular formula is C5H7ClN2O3S. The van der Waals surface area contributed by atoms with Crippen molar-refractivity contribution < 1.29 is 12.8 Å². The van der Waals surface area contributed by atoms with E-state index in [1.807, 2.05) is 6.92 Å². The summed E-state index contributed by atoms with van der Waals surface area (Å²) in [5.74, 6) is 0.289. The summed E-state index contributed by atoms with van der Waals surface area (Å²) in [6.07, 6.45) is 1.36. The lowest BCUT2D eigenvalue weighted by molar-refractivity contribution is 0.398. The third kappa shape index (κ3) is 2.18. The molecule has 0 aliphatic carbocycles. The van der Waals surface area contributed by atoms with Crippen molar-refractivity contribution in [2.45, 2.75) is 25.0 Å². The molecule has 68 valence electrons. The number of aromatic nitrogens is 2. The van der Waals surface area contributed by atoms with Gasteiger partial charge in [-0.05, 0) is 6.42 Å². The Kier molecular flexibility index (Phi) is 2.69. The van der Waals surface area contributed by atoms with Gasteiger partial charge in [0.25, 0.3) is 0 Å². The van der Waals surface area contributed by atoms with Crippen LogP contribution in [0.25, 0.3) is 0 Å². The van der Waals surface area contributed by atoms with Crippen LogP contribution in [0, 0.1) is 0 Å². The van der Waals surface area contributed by atoms with Crippen molar-refractivity contribution in [1.82, 2.24) is 10.2 Å². The lowest BCUT2D eigenvalue weighted by Crippen LogP contribution is -1.89. The first-order chi connectivity index (χ1) is 5.54. The van der Waals surface area contributed by atoms with E-state index in [1.54, 1.807) is 0 Å². The minimum atomic E-state index is -3.87. The van der Waals surface area contributed by atoms with Crippen LogP contribution < -0.4 is 0 Å². The van der Waals surface area contributed by atoms with E-state index >= 15 is 0 Å². The van der Waals surface area contributed by atoms with Crippen molar-refractivity contribution in [3.8, 4) is 0 Å².